The van der Waals surface area contributed by atoms with Gasteiger partial charge in [-0.05, 0) is 0 Å². The van der Waals surface area contributed by atoms with Crippen LogP contribution in [0.2, 0.25) is 0 Å². The van der Waals surface area contributed by atoms with Crippen molar-refractivity contribution >= 4 is 23.6 Å². The molecule has 0 aromatic carbocycles. The molecule has 0 radical (unpaired) electrons. The highest BCUT2D eigenvalue weighted by atomic mass is 32.2. The van der Waals surface area contributed by atoms with E-state index in [1.807, 2.05) is 0 Å². The number of halogens is 2. The molecule has 0 aliphatic carbocycles. The van der Waals surface area contributed by atoms with Crippen molar-refractivity contribution in [2.45, 2.75) is 24.1 Å². The average Bonchev–Trinajstić information content (AvgIpc) is 2.26. The summed E-state index contributed by atoms with van der Waals surface area (Å²) in [6, 6.07) is -0.837. The van der Waals surface area contributed by atoms with E-state index < -0.39 is 29.5 Å². The molecule has 1 aliphatic heterocycles. The molecule has 7 heteroatoms. The predicted octanol–water partition coefficient (Wildman–Crippen LogP) is -0.273. The molecular formula is C7H10F2N2O2S. The molecule has 2 amide bonds. The highest BCUT2D eigenvalue weighted by molar-refractivity contribution is 8.00. The summed E-state index contributed by atoms with van der Waals surface area (Å²) in [6.07, 6.45) is -2.83. The number of amides is 2. The molecule has 1 rings (SSSR count). The first-order valence-corrected chi connectivity index (χ1v) is 5.04. The number of rotatable bonds is 2. The number of thioether (sulfide) groups is 1. The van der Waals surface area contributed by atoms with Crippen LogP contribution in [0.25, 0.3) is 0 Å². The topological polar surface area (TPSA) is 72.2 Å². The predicted molar refractivity (Wildman–Crippen MR) is 48.0 cm³/mol. The lowest BCUT2D eigenvalue weighted by molar-refractivity contribution is -0.126. The standard InChI is InChI=1S/C7H10F2N2O2S/c8-6(9)4-1-5(12)11-3(2-14-4)7(10)13/h3-4,6H,1-2H2,(H2,10,13)(H,11,12)/t3-,4-/m0/s1. The van der Waals surface area contributed by atoms with Crippen molar-refractivity contribution in [2.24, 2.45) is 5.73 Å². The van der Waals surface area contributed by atoms with Gasteiger partial charge < -0.3 is 11.1 Å². The van der Waals surface area contributed by atoms with E-state index in [0.717, 1.165) is 11.8 Å². The fraction of sp³-hybridized carbons (Fsp3) is 0.714. The molecule has 0 saturated carbocycles. The number of hydrogen-bond acceptors (Lipinski definition) is 3. The first kappa shape index (κ1) is 11.2. The van der Waals surface area contributed by atoms with Crippen LogP contribution in [0, 0.1) is 0 Å². The van der Waals surface area contributed by atoms with Crippen molar-refractivity contribution in [1.82, 2.24) is 5.32 Å². The summed E-state index contributed by atoms with van der Waals surface area (Å²) in [7, 11) is 0. The van der Waals surface area contributed by atoms with Gasteiger partial charge in [-0.2, -0.15) is 0 Å². The Kier molecular flexibility index (Phi) is 3.68. The third-order valence-electron chi connectivity index (χ3n) is 1.82. The number of carbonyl (C=O) groups excluding carboxylic acids is 2. The van der Waals surface area contributed by atoms with Gasteiger partial charge in [-0.25, -0.2) is 8.78 Å². The highest BCUT2D eigenvalue weighted by Gasteiger charge is 2.31. The Morgan fingerprint density at radius 3 is 2.79 bits per heavy atom. The van der Waals surface area contributed by atoms with Crippen LogP contribution >= 0.6 is 11.8 Å². The van der Waals surface area contributed by atoms with Gasteiger partial charge in [-0.1, -0.05) is 0 Å². The van der Waals surface area contributed by atoms with Gasteiger partial charge in [0.15, 0.2) is 0 Å². The minimum absolute atomic E-state index is 0.107. The maximum absolute atomic E-state index is 12.3. The fourth-order valence-corrected chi connectivity index (χ4v) is 2.17. The van der Waals surface area contributed by atoms with Gasteiger partial charge in [0.25, 0.3) is 6.43 Å². The summed E-state index contributed by atoms with van der Waals surface area (Å²) >= 11 is 0.898. The van der Waals surface area contributed by atoms with E-state index in [0.29, 0.717) is 0 Å². The Morgan fingerprint density at radius 1 is 1.64 bits per heavy atom. The molecule has 4 nitrogen and oxygen atoms in total. The minimum atomic E-state index is -2.56. The van der Waals surface area contributed by atoms with Crippen molar-refractivity contribution in [3.05, 3.63) is 0 Å². The lowest BCUT2D eigenvalue weighted by Gasteiger charge is -2.10. The summed E-state index contributed by atoms with van der Waals surface area (Å²) in [6.45, 7) is 0. The van der Waals surface area contributed by atoms with Crippen molar-refractivity contribution in [3.8, 4) is 0 Å². The van der Waals surface area contributed by atoms with E-state index in [1.165, 1.54) is 0 Å². The van der Waals surface area contributed by atoms with Gasteiger partial charge in [-0.15, -0.1) is 11.8 Å². The van der Waals surface area contributed by atoms with Gasteiger partial charge in [-0.3, -0.25) is 9.59 Å². The number of carbonyl (C=O) groups is 2. The second kappa shape index (κ2) is 4.59. The zero-order chi connectivity index (χ0) is 10.7. The molecular weight excluding hydrogens is 214 g/mol. The van der Waals surface area contributed by atoms with Gasteiger partial charge in [0, 0.05) is 12.2 Å². The normalized spacial score (nSPS) is 28.4. The van der Waals surface area contributed by atoms with Crippen LogP contribution in [0.3, 0.4) is 0 Å². The number of nitrogens with two attached hydrogens (primary N) is 1. The van der Waals surface area contributed by atoms with Crippen LogP contribution in [0.15, 0.2) is 0 Å². The zero-order valence-corrected chi connectivity index (χ0v) is 8.02. The smallest absolute Gasteiger partial charge is 0.250 e. The second-order valence-corrected chi connectivity index (χ2v) is 4.20. The Hall–Kier alpha value is -0.850. The number of primary amides is 1. The van der Waals surface area contributed by atoms with E-state index in [4.69, 9.17) is 5.73 Å². The van der Waals surface area contributed by atoms with E-state index >= 15 is 0 Å². The zero-order valence-electron chi connectivity index (χ0n) is 7.20. The molecule has 0 aromatic rings. The molecule has 1 heterocycles. The van der Waals surface area contributed by atoms with Crippen molar-refractivity contribution in [1.29, 1.82) is 0 Å². The average molecular weight is 224 g/mol. The molecule has 0 unspecified atom stereocenters. The number of nitrogens with one attached hydrogen (secondary N) is 1. The second-order valence-electron chi connectivity index (χ2n) is 2.93. The summed E-state index contributed by atoms with van der Waals surface area (Å²) in [5, 5.41) is 1.25. The van der Waals surface area contributed by atoms with E-state index in [-0.39, 0.29) is 12.2 Å². The van der Waals surface area contributed by atoms with Crippen LogP contribution in [0.5, 0.6) is 0 Å². The van der Waals surface area contributed by atoms with Crippen LogP contribution in [0.4, 0.5) is 8.78 Å². The third kappa shape index (κ3) is 2.83. The summed E-state index contributed by atoms with van der Waals surface area (Å²) in [5.41, 5.74) is 4.97. The van der Waals surface area contributed by atoms with Crippen molar-refractivity contribution in [3.63, 3.8) is 0 Å². The summed E-state index contributed by atoms with van der Waals surface area (Å²) in [4.78, 5) is 21.8. The number of alkyl halides is 2. The molecule has 0 bridgehead atoms. The maximum Gasteiger partial charge on any atom is 0.250 e. The Balaban J connectivity index is 2.62. The Labute approximate surface area is 83.6 Å². The van der Waals surface area contributed by atoms with Crippen LogP contribution in [-0.2, 0) is 9.59 Å². The first-order chi connectivity index (χ1) is 6.50. The largest absolute Gasteiger partial charge is 0.368 e. The Bertz CT molecular complexity index is 250. The van der Waals surface area contributed by atoms with Gasteiger partial charge in [0.2, 0.25) is 11.8 Å². The molecule has 1 saturated heterocycles. The highest BCUT2D eigenvalue weighted by Crippen LogP contribution is 2.24. The quantitative estimate of drug-likeness (QED) is 0.678. The molecule has 1 fully saturated rings. The third-order valence-corrected chi connectivity index (χ3v) is 3.15. The monoisotopic (exact) mass is 224 g/mol. The van der Waals surface area contributed by atoms with E-state index in [9.17, 15) is 18.4 Å². The van der Waals surface area contributed by atoms with E-state index in [2.05, 4.69) is 5.32 Å². The molecule has 1 aliphatic rings. The van der Waals surface area contributed by atoms with Crippen LogP contribution in [-0.4, -0.2) is 35.3 Å². The van der Waals surface area contributed by atoms with Gasteiger partial charge >= 0.3 is 0 Å². The van der Waals surface area contributed by atoms with Crippen LogP contribution < -0.4 is 11.1 Å². The maximum atomic E-state index is 12.3. The van der Waals surface area contributed by atoms with Crippen LogP contribution in [0.1, 0.15) is 6.42 Å². The van der Waals surface area contributed by atoms with Gasteiger partial charge in [0.05, 0.1) is 5.25 Å². The molecule has 2 atom stereocenters. The van der Waals surface area contributed by atoms with E-state index in [1.54, 1.807) is 0 Å². The summed E-state index contributed by atoms with van der Waals surface area (Å²) < 4.78 is 24.6. The molecule has 80 valence electrons. The molecule has 0 spiro atoms. The SMILES string of the molecule is NC(=O)[C@@H]1CS[C@H](C(F)F)CC(=O)N1. The van der Waals surface area contributed by atoms with Crippen molar-refractivity contribution < 1.29 is 18.4 Å². The molecule has 3 N–H and O–H groups in total. The fourth-order valence-electron chi connectivity index (χ4n) is 1.07. The number of hydrogen-bond donors (Lipinski definition) is 2. The van der Waals surface area contributed by atoms with Crippen molar-refractivity contribution in [2.75, 3.05) is 5.75 Å². The molecule has 0 aromatic heterocycles. The Morgan fingerprint density at radius 2 is 2.29 bits per heavy atom. The minimum Gasteiger partial charge on any atom is -0.368 e. The summed E-state index contributed by atoms with van der Waals surface area (Å²) in [5.74, 6) is -1.14. The lowest BCUT2D eigenvalue weighted by Crippen LogP contribution is -2.44. The first-order valence-electron chi connectivity index (χ1n) is 3.99. The van der Waals surface area contributed by atoms with Gasteiger partial charge in [0.1, 0.15) is 6.04 Å². The lowest BCUT2D eigenvalue weighted by atomic mass is 10.2. The molecule has 14 heavy (non-hydrogen) atoms.